The van der Waals surface area contributed by atoms with Crippen LogP contribution < -0.4 is 0 Å². The van der Waals surface area contributed by atoms with E-state index in [1.54, 1.807) is 0 Å². The van der Waals surface area contributed by atoms with Crippen LogP contribution in [0.15, 0.2) is 24.5 Å². The minimum absolute atomic E-state index is 0.764. The predicted octanol–water partition coefficient (Wildman–Crippen LogP) is 5.33. The van der Waals surface area contributed by atoms with Gasteiger partial charge in [0.05, 0.1) is 0 Å². The molecule has 0 bridgehead atoms. The number of aromatic nitrogens is 1. The average Bonchev–Trinajstić information content (AvgIpc) is 2.45. The zero-order valence-corrected chi connectivity index (χ0v) is 11.8. The molecule has 18 heavy (non-hydrogen) atoms. The molecular weight excluding hydrogens is 218 g/mol. The van der Waals surface area contributed by atoms with Gasteiger partial charge < -0.3 is 0 Å². The zero-order chi connectivity index (χ0) is 12.6. The Labute approximate surface area is 112 Å². The van der Waals surface area contributed by atoms with E-state index in [-0.39, 0.29) is 0 Å². The van der Waals surface area contributed by atoms with E-state index in [1.165, 1.54) is 63.4 Å². The van der Waals surface area contributed by atoms with Crippen molar-refractivity contribution < 1.29 is 0 Å². The lowest BCUT2D eigenvalue weighted by atomic mass is 9.82. The summed E-state index contributed by atoms with van der Waals surface area (Å²) in [7, 11) is 0. The summed E-state index contributed by atoms with van der Waals surface area (Å²) >= 11 is 0. The van der Waals surface area contributed by atoms with Crippen molar-refractivity contribution in [1.29, 1.82) is 0 Å². The van der Waals surface area contributed by atoms with Gasteiger partial charge in [-0.15, -0.1) is 0 Å². The van der Waals surface area contributed by atoms with E-state index in [4.69, 9.17) is 0 Å². The lowest BCUT2D eigenvalue weighted by Crippen LogP contribution is -2.08. The first-order valence-corrected chi connectivity index (χ1v) is 7.80. The number of nitrogens with zero attached hydrogens (tertiary/aromatic N) is 1. The van der Waals surface area contributed by atoms with E-state index in [0.29, 0.717) is 0 Å². The Balaban J connectivity index is 1.86. The Kier molecular flexibility index (Phi) is 5.70. The smallest absolute Gasteiger partial charge is 0.0270 e. The van der Waals surface area contributed by atoms with Crippen molar-refractivity contribution in [2.45, 2.75) is 70.6 Å². The molecule has 1 saturated carbocycles. The third-order valence-electron chi connectivity index (χ3n) is 4.46. The minimum Gasteiger partial charge on any atom is -0.265 e. The lowest BCUT2D eigenvalue weighted by molar-refractivity contribution is 0.320. The monoisotopic (exact) mass is 245 g/mol. The maximum Gasteiger partial charge on any atom is 0.0270 e. The van der Waals surface area contributed by atoms with Crippen molar-refractivity contribution in [2.24, 2.45) is 5.92 Å². The van der Waals surface area contributed by atoms with Crippen LogP contribution in [0.1, 0.15) is 76.2 Å². The normalized spacial score (nSPS) is 18.7. The molecule has 0 amide bonds. The fourth-order valence-electron chi connectivity index (χ4n) is 3.37. The van der Waals surface area contributed by atoms with Crippen LogP contribution in [0.3, 0.4) is 0 Å². The number of hydrogen-bond acceptors (Lipinski definition) is 1. The molecule has 1 heterocycles. The highest BCUT2D eigenvalue weighted by Crippen LogP contribution is 2.32. The minimum atomic E-state index is 0.764. The number of rotatable bonds is 6. The molecule has 1 aromatic rings. The molecule has 1 unspecified atom stereocenters. The Hall–Kier alpha value is -0.850. The highest BCUT2D eigenvalue weighted by atomic mass is 14.6. The van der Waals surface area contributed by atoms with Gasteiger partial charge >= 0.3 is 0 Å². The molecule has 1 aliphatic rings. The van der Waals surface area contributed by atoms with Crippen LogP contribution in [0.5, 0.6) is 0 Å². The van der Waals surface area contributed by atoms with Gasteiger partial charge in [-0.25, -0.2) is 0 Å². The molecule has 1 aromatic heterocycles. The van der Waals surface area contributed by atoms with Crippen LogP contribution in [-0.2, 0) is 0 Å². The highest BCUT2D eigenvalue weighted by Gasteiger charge is 2.16. The van der Waals surface area contributed by atoms with Crippen molar-refractivity contribution in [3.63, 3.8) is 0 Å². The third kappa shape index (κ3) is 4.12. The Morgan fingerprint density at radius 2 is 1.83 bits per heavy atom. The van der Waals surface area contributed by atoms with Gasteiger partial charge in [0.15, 0.2) is 0 Å². The summed E-state index contributed by atoms with van der Waals surface area (Å²) < 4.78 is 0. The number of hydrogen-bond donors (Lipinski definition) is 0. The second kappa shape index (κ2) is 7.56. The van der Waals surface area contributed by atoms with Gasteiger partial charge in [0.2, 0.25) is 0 Å². The fraction of sp³-hybridized carbons (Fsp3) is 0.706. The Bertz CT molecular complexity index is 314. The van der Waals surface area contributed by atoms with Crippen molar-refractivity contribution in [3.05, 3.63) is 30.1 Å². The highest BCUT2D eigenvalue weighted by molar-refractivity contribution is 5.15. The van der Waals surface area contributed by atoms with Crippen LogP contribution in [0.4, 0.5) is 0 Å². The van der Waals surface area contributed by atoms with E-state index in [1.807, 2.05) is 12.4 Å². The molecular formula is C17H27N. The lowest BCUT2D eigenvalue weighted by Gasteiger charge is -2.24. The van der Waals surface area contributed by atoms with Gasteiger partial charge in [0.1, 0.15) is 0 Å². The Morgan fingerprint density at radius 1 is 1.11 bits per heavy atom. The molecule has 0 N–H and O–H groups in total. The summed E-state index contributed by atoms with van der Waals surface area (Å²) in [6.45, 7) is 2.30. The standard InChI is InChI=1S/C17H27N/c1-2-6-16(17-11-13-18-14-12-17)10-9-15-7-4-3-5-8-15/h11-16H,2-10H2,1H3. The molecule has 0 radical (unpaired) electrons. The largest absolute Gasteiger partial charge is 0.265 e. The molecule has 0 saturated heterocycles. The van der Waals surface area contributed by atoms with Gasteiger partial charge in [-0.2, -0.15) is 0 Å². The van der Waals surface area contributed by atoms with Crippen molar-refractivity contribution in [1.82, 2.24) is 4.98 Å². The first-order valence-electron chi connectivity index (χ1n) is 7.80. The van der Waals surface area contributed by atoms with Gasteiger partial charge in [0.25, 0.3) is 0 Å². The second-order valence-electron chi connectivity index (χ2n) is 5.85. The first kappa shape index (κ1) is 13.6. The van der Waals surface area contributed by atoms with Crippen LogP contribution in [0.2, 0.25) is 0 Å². The van der Waals surface area contributed by atoms with E-state index >= 15 is 0 Å². The number of pyridine rings is 1. The van der Waals surface area contributed by atoms with Gasteiger partial charge in [-0.05, 0) is 48.8 Å². The fourth-order valence-corrected chi connectivity index (χ4v) is 3.37. The van der Waals surface area contributed by atoms with Crippen LogP contribution in [0.25, 0.3) is 0 Å². The molecule has 1 aliphatic carbocycles. The summed E-state index contributed by atoms with van der Waals surface area (Å²) in [6, 6.07) is 4.42. The van der Waals surface area contributed by atoms with Crippen LogP contribution in [0, 0.1) is 5.92 Å². The summed E-state index contributed by atoms with van der Waals surface area (Å²) in [4.78, 5) is 4.14. The molecule has 1 heteroatoms. The van der Waals surface area contributed by atoms with E-state index in [9.17, 15) is 0 Å². The molecule has 100 valence electrons. The summed E-state index contributed by atoms with van der Waals surface area (Å²) in [5, 5.41) is 0. The van der Waals surface area contributed by atoms with Gasteiger partial charge in [-0.3, -0.25) is 4.98 Å². The second-order valence-corrected chi connectivity index (χ2v) is 5.85. The van der Waals surface area contributed by atoms with E-state index in [0.717, 1.165) is 11.8 Å². The molecule has 1 atom stereocenters. The maximum atomic E-state index is 4.14. The summed E-state index contributed by atoms with van der Waals surface area (Å²) in [5.41, 5.74) is 1.50. The zero-order valence-electron chi connectivity index (χ0n) is 11.8. The molecule has 0 aliphatic heterocycles. The van der Waals surface area contributed by atoms with Gasteiger partial charge in [0, 0.05) is 12.4 Å². The van der Waals surface area contributed by atoms with E-state index < -0.39 is 0 Å². The molecule has 0 spiro atoms. The quantitative estimate of drug-likeness (QED) is 0.660. The SMILES string of the molecule is CCCC(CCC1CCCCC1)c1ccncc1. The van der Waals surface area contributed by atoms with Crippen molar-refractivity contribution >= 4 is 0 Å². The maximum absolute atomic E-state index is 4.14. The van der Waals surface area contributed by atoms with Crippen LogP contribution in [-0.4, -0.2) is 4.98 Å². The van der Waals surface area contributed by atoms with Crippen LogP contribution >= 0.6 is 0 Å². The average molecular weight is 245 g/mol. The topological polar surface area (TPSA) is 12.9 Å². The predicted molar refractivity (Wildman–Crippen MR) is 77.7 cm³/mol. The van der Waals surface area contributed by atoms with Gasteiger partial charge in [-0.1, -0.05) is 45.4 Å². The summed E-state index contributed by atoms with van der Waals surface area (Å²) in [5.74, 6) is 1.78. The Morgan fingerprint density at radius 3 is 2.50 bits per heavy atom. The molecule has 1 nitrogen and oxygen atoms in total. The molecule has 1 fully saturated rings. The summed E-state index contributed by atoms with van der Waals surface area (Å²) in [6.07, 6.45) is 16.7. The van der Waals surface area contributed by atoms with Crippen molar-refractivity contribution in [2.75, 3.05) is 0 Å². The first-order chi connectivity index (χ1) is 8.90. The van der Waals surface area contributed by atoms with Crippen molar-refractivity contribution in [3.8, 4) is 0 Å². The molecule has 0 aromatic carbocycles. The van der Waals surface area contributed by atoms with E-state index in [2.05, 4.69) is 24.0 Å². The molecule has 2 rings (SSSR count). The third-order valence-corrected chi connectivity index (χ3v) is 4.46.